The Hall–Kier alpha value is -6.84. The van der Waals surface area contributed by atoms with Crippen LogP contribution in [-0.4, -0.2) is 146 Å². The van der Waals surface area contributed by atoms with Crippen molar-refractivity contribution in [1.82, 2.24) is 25.1 Å². The predicted molar refractivity (Wildman–Crippen MR) is 262 cm³/mol. The molecule has 2 aromatic heterocycles. The van der Waals surface area contributed by atoms with E-state index in [9.17, 15) is 29.4 Å². The number of ether oxygens (including phenoxy) is 4. The molecule has 16 nitrogen and oxygen atoms in total. The van der Waals surface area contributed by atoms with Gasteiger partial charge in [-0.1, -0.05) is 87.4 Å². The van der Waals surface area contributed by atoms with Crippen LogP contribution < -0.4 is 10.2 Å². The monoisotopic (exact) mass is 942 g/mol. The molecule has 0 saturated carbocycles. The second kappa shape index (κ2) is 28.5. The van der Waals surface area contributed by atoms with E-state index in [1.165, 1.54) is 12.1 Å². The molecule has 1 fully saturated rings. The molecule has 2 aromatic carbocycles. The number of rotatable bonds is 13. The average Bonchev–Trinajstić information content (AvgIpc) is 3.36. The van der Waals surface area contributed by atoms with Crippen LogP contribution in [0.5, 0.6) is 0 Å². The molecule has 0 aliphatic carbocycles. The zero-order valence-corrected chi connectivity index (χ0v) is 39.4. The van der Waals surface area contributed by atoms with Gasteiger partial charge < -0.3 is 39.4 Å². The number of amides is 2. The largest absolute Gasteiger partial charge is 0.477 e. The van der Waals surface area contributed by atoms with Gasteiger partial charge >= 0.3 is 11.9 Å². The Bertz CT molecular complexity index is 2440. The summed E-state index contributed by atoms with van der Waals surface area (Å²) >= 11 is 0. The van der Waals surface area contributed by atoms with E-state index in [0.717, 1.165) is 11.1 Å². The highest BCUT2D eigenvalue weighted by Crippen LogP contribution is 2.29. The van der Waals surface area contributed by atoms with E-state index in [4.69, 9.17) is 18.9 Å². The summed E-state index contributed by atoms with van der Waals surface area (Å²) < 4.78 is 23.9. The number of aromatic nitrogens is 2. The quantitative estimate of drug-likeness (QED) is 0.131. The minimum absolute atomic E-state index is 0.0109. The average molecular weight is 943 g/mol. The molecule has 1 unspecified atom stereocenters. The number of benzene rings is 2. The van der Waals surface area contributed by atoms with Gasteiger partial charge in [-0.3, -0.25) is 19.4 Å². The first-order valence-electron chi connectivity index (χ1n) is 23.1. The van der Waals surface area contributed by atoms with Gasteiger partial charge in [-0.2, -0.15) is 0 Å². The predicted octanol–water partition coefficient (Wildman–Crippen LogP) is 6.06. The summed E-state index contributed by atoms with van der Waals surface area (Å²) in [5.74, 6) is 3.47. The van der Waals surface area contributed by atoms with Gasteiger partial charge in [-0.15, -0.1) is 0 Å². The van der Waals surface area contributed by atoms with E-state index in [2.05, 4.69) is 50.1 Å². The molecule has 2 amide bonds. The summed E-state index contributed by atoms with van der Waals surface area (Å²) in [6.07, 6.45) is 3.37. The van der Waals surface area contributed by atoms with Gasteiger partial charge in [0.2, 0.25) is 5.91 Å². The number of nitrogens with zero attached hydrogens (tertiary/aromatic N) is 5. The number of carbonyl (C=O) groups is 4. The van der Waals surface area contributed by atoms with Gasteiger partial charge in [0.1, 0.15) is 11.4 Å². The molecule has 2 aliphatic rings. The summed E-state index contributed by atoms with van der Waals surface area (Å²) in [7, 11) is 0. The molecule has 0 spiro atoms. The lowest BCUT2D eigenvalue weighted by Crippen LogP contribution is -2.37. The number of hydrogen-bond acceptors (Lipinski definition) is 12. The standard InChI is InChI=1S/C51H56N6O10.C2H6/c1-3-37-15-16-39-9-5-6-14-46(39)57(35-38(37)4-2)47(58)21-22-52-49(59)41-19-17-40(18-20-41)48(43-11-8-13-45(54-43)51(62)63)56-25-29-66-33-31-64-27-23-55(24-28-65-32-34-67-30-26-56)36-42-10-7-12-44(53-42)50(60)61;1-2/h3-14,17-20,48H,1-2,21-36H2,(H,52,59)(H,60,61)(H,62,63);1-2H3/b38-37-;. The van der Waals surface area contributed by atoms with Gasteiger partial charge in [0.15, 0.2) is 0 Å². The molecular weight excluding hydrogens is 881 g/mol. The van der Waals surface area contributed by atoms with Crippen LogP contribution >= 0.6 is 0 Å². The minimum atomic E-state index is -1.16. The Labute approximate surface area is 404 Å². The SMILES string of the molecule is C=C/C1=C(\C=C)CN(C(=O)CCNC(=O)c2ccc(C(c3cccc(C(=O)O)n3)N3CCOCCOCCN(Cc4cccc(C(=O)O)n4)CCOCCOCC3)cc2)c2ccccc2C#C1.CC. The zero-order valence-electron chi connectivity index (χ0n) is 39.4. The van der Waals surface area contributed by atoms with E-state index in [1.807, 2.05) is 50.2 Å². The van der Waals surface area contributed by atoms with Crippen molar-refractivity contribution in [3.05, 3.63) is 161 Å². The fraction of sp³-hybridized carbons (Fsp3) is 0.358. The highest BCUT2D eigenvalue weighted by atomic mass is 16.5. The second-order valence-electron chi connectivity index (χ2n) is 15.5. The molecule has 2 aliphatic heterocycles. The van der Waals surface area contributed by atoms with Crippen LogP contribution in [0.25, 0.3) is 0 Å². The number of nitrogens with one attached hydrogen (secondary N) is 1. The Morgan fingerprint density at radius 2 is 1.30 bits per heavy atom. The maximum absolute atomic E-state index is 13.7. The number of hydrogen-bond donors (Lipinski definition) is 3. The minimum Gasteiger partial charge on any atom is -0.477 e. The molecule has 0 bridgehead atoms. The number of anilines is 1. The molecule has 1 atom stereocenters. The van der Waals surface area contributed by atoms with Crippen molar-refractivity contribution in [3.63, 3.8) is 0 Å². The Kier molecular flexibility index (Phi) is 21.9. The van der Waals surface area contributed by atoms with Gasteiger partial charge in [-0.25, -0.2) is 19.6 Å². The lowest BCUT2D eigenvalue weighted by atomic mass is 9.99. The van der Waals surface area contributed by atoms with Crippen molar-refractivity contribution in [2.45, 2.75) is 32.9 Å². The number of carboxylic acids is 2. The van der Waals surface area contributed by atoms with E-state index in [1.54, 1.807) is 53.5 Å². The second-order valence-corrected chi connectivity index (χ2v) is 15.5. The molecule has 4 heterocycles. The van der Waals surface area contributed by atoms with Crippen molar-refractivity contribution >= 4 is 29.4 Å². The summed E-state index contributed by atoms with van der Waals surface area (Å²) in [4.78, 5) is 65.3. The summed E-state index contributed by atoms with van der Waals surface area (Å²) in [5.41, 5.74) is 4.99. The topological polar surface area (TPSA) is 193 Å². The van der Waals surface area contributed by atoms with Crippen LogP contribution in [-0.2, 0) is 30.3 Å². The van der Waals surface area contributed by atoms with Crippen LogP contribution in [0.4, 0.5) is 5.69 Å². The maximum atomic E-state index is 13.7. The van der Waals surface area contributed by atoms with E-state index in [0.29, 0.717) is 119 Å². The molecule has 69 heavy (non-hydrogen) atoms. The number of para-hydroxylation sites is 1. The van der Waals surface area contributed by atoms with Gasteiger partial charge in [0.25, 0.3) is 5.91 Å². The van der Waals surface area contributed by atoms with E-state index < -0.39 is 18.0 Å². The molecule has 16 heteroatoms. The third-order valence-corrected chi connectivity index (χ3v) is 11.0. The summed E-state index contributed by atoms with van der Waals surface area (Å²) in [6, 6.07) is 23.7. The third-order valence-electron chi connectivity index (χ3n) is 11.0. The van der Waals surface area contributed by atoms with Crippen LogP contribution in [0.1, 0.15) is 80.2 Å². The highest BCUT2D eigenvalue weighted by molar-refractivity contribution is 5.97. The first-order chi connectivity index (χ1) is 33.6. The van der Waals surface area contributed by atoms with Crippen molar-refractivity contribution in [2.24, 2.45) is 0 Å². The number of allylic oxidation sites excluding steroid dienone is 2. The van der Waals surface area contributed by atoms with Crippen LogP contribution in [0.15, 0.2) is 121 Å². The van der Waals surface area contributed by atoms with Crippen molar-refractivity contribution < 1.29 is 48.3 Å². The zero-order chi connectivity index (χ0) is 49.4. The Morgan fingerprint density at radius 3 is 1.91 bits per heavy atom. The van der Waals surface area contributed by atoms with Gasteiger partial charge in [0.05, 0.1) is 82.5 Å². The normalized spacial score (nSPS) is 17.3. The molecule has 3 N–H and O–H groups in total. The summed E-state index contributed by atoms with van der Waals surface area (Å²) in [5, 5.41) is 22.1. The Morgan fingerprint density at radius 1 is 0.710 bits per heavy atom. The van der Waals surface area contributed by atoms with Crippen LogP contribution in [0, 0.1) is 11.8 Å². The highest BCUT2D eigenvalue weighted by Gasteiger charge is 2.26. The lowest BCUT2D eigenvalue weighted by Gasteiger charge is -2.32. The lowest BCUT2D eigenvalue weighted by molar-refractivity contribution is -0.118. The molecule has 6 rings (SSSR count). The first-order valence-corrected chi connectivity index (χ1v) is 23.1. The third kappa shape index (κ3) is 16.1. The van der Waals surface area contributed by atoms with Crippen LogP contribution in [0.3, 0.4) is 0 Å². The number of pyridine rings is 2. The van der Waals surface area contributed by atoms with Crippen molar-refractivity contribution in [1.29, 1.82) is 0 Å². The van der Waals surface area contributed by atoms with Crippen LogP contribution in [0.2, 0.25) is 0 Å². The first kappa shape index (κ1) is 53.1. The van der Waals surface area contributed by atoms with E-state index >= 15 is 0 Å². The number of carboxylic acid groups (broad SMARTS) is 2. The van der Waals surface area contributed by atoms with Gasteiger partial charge in [0, 0.05) is 62.4 Å². The molecule has 364 valence electrons. The Balaban J connectivity index is 0.00000438. The van der Waals surface area contributed by atoms with Gasteiger partial charge in [-0.05, 0) is 59.7 Å². The molecule has 4 aromatic rings. The maximum Gasteiger partial charge on any atom is 0.354 e. The molecule has 1 saturated heterocycles. The van der Waals surface area contributed by atoms with Crippen molar-refractivity contribution in [3.8, 4) is 11.8 Å². The number of aromatic carboxylic acids is 2. The van der Waals surface area contributed by atoms with E-state index in [-0.39, 0.29) is 42.7 Å². The summed E-state index contributed by atoms with van der Waals surface area (Å²) in [6.45, 7) is 17.3. The number of fused-ring (bicyclic) bond motifs is 1. The number of carbonyl (C=O) groups excluding carboxylic acids is 2. The molecule has 0 radical (unpaired) electrons. The van der Waals surface area contributed by atoms with Crippen molar-refractivity contribution in [2.75, 3.05) is 97.0 Å². The smallest absolute Gasteiger partial charge is 0.354 e. The fourth-order valence-electron chi connectivity index (χ4n) is 7.53. The molecular formula is C53H62N6O10. The fourth-order valence-corrected chi connectivity index (χ4v) is 7.53.